The zero-order valence-electron chi connectivity index (χ0n) is 11.3. The first-order chi connectivity index (χ1) is 9.67. The number of benzene rings is 1. The zero-order chi connectivity index (χ0) is 13.7. The summed E-state index contributed by atoms with van der Waals surface area (Å²) in [5, 5.41) is 0. The number of hydrogen-bond donors (Lipinski definition) is 1. The van der Waals surface area contributed by atoms with Crippen molar-refractivity contribution in [1.29, 1.82) is 0 Å². The molecule has 0 spiro atoms. The molecule has 20 heavy (non-hydrogen) atoms. The van der Waals surface area contributed by atoms with Gasteiger partial charge in [-0.2, -0.15) is 4.98 Å². The predicted molar refractivity (Wildman–Crippen MR) is 77.4 cm³/mol. The summed E-state index contributed by atoms with van der Waals surface area (Å²) in [6.45, 7) is 1.96. The summed E-state index contributed by atoms with van der Waals surface area (Å²) in [6, 6.07) is 11.9. The summed E-state index contributed by atoms with van der Waals surface area (Å²) in [6.07, 6.45) is 2.12. The molecule has 100 valence electrons. The lowest BCUT2D eigenvalue weighted by atomic mass is 9.96. The van der Waals surface area contributed by atoms with Crippen molar-refractivity contribution in [3.05, 3.63) is 53.5 Å². The van der Waals surface area contributed by atoms with Crippen LogP contribution in [0.5, 0.6) is 0 Å². The number of rotatable bonds is 2. The van der Waals surface area contributed by atoms with Crippen molar-refractivity contribution >= 4 is 16.9 Å². The van der Waals surface area contributed by atoms with Crippen LogP contribution in [0.2, 0.25) is 0 Å². The second-order valence-electron chi connectivity index (χ2n) is 5.50. The Morgan fingerprint density at radius 1 is 1.05 bits per heavy atom. The third-order valence-electron chi connectivity index (χ3n) is 4.02. The summed E-state index contributed by atoms with van der Waals surface area (Å²) in [4.78, 5) is 9.02. The van der Waals surface area contributed by atoms with Crippen LogP contribution in [0.15, 0.2) is 40.8 Å². The van der Waals surface area contributed by atoms with E-state index in [9.17, 15) is 0 Å². The van der Waals surface area contributed by atoms with Gasteiger partial charge in [0.15, 0.2) is 11.2 Å². The smallest absolute Gasteiger partial charge is 0.207 e. The highest BCUT2D eigenvalue weighted by molar-refractivity contribution is 5.68. The Kier molecular flexibility index (Phi) is 2.19. The SMILES string of the molecule is Cc1ccc2oc(C3(c4ccc(N)cc4)CC3)nc2n1. The largest absolute Gasteiger partial charge is 0.438 e. The molecule has 1 aliphatic carbocycles. The van der Waals surface area contributed by atoms with E-state index in [1.54, 1.807) is 0 Å². The molecular formula is C16H15N3O. The molecule has 0 unspecified atom stereocenters. The Morgan fingerprint density at radius 2 is 1.80 bits per heavy atom. The molecule has 4 nitrogen and oxygen atoms in total. The molecule has 4 heteroatoms. The minimum atomic E-state index is -0.0810. The van der Waals surface area contributed by atoms with Gasteiger partial charge in [0.25, 0.3) is 0 Å². The van der Waals surface area contributed by atoms with Gasteiger partial charge in [-0.3, -0.25) is 0 Å². The van der Waals surface area contributed by atoms with E-state index in [1.807, 2.05) is 31.2 Å². The fourth-order valence-electron chi connectivity index (χ4n) is 2.67. The molecule has 2 aromatic heterocycles. The fraction of sp³-hybridized carbons (Fsp3) is 0.250. The van der Waals surface area contributed by atoms with Gasteiger partial charge in [0, 0.05) is 11.4 Å². The van der Waals surface area contributed by atoms with E-state index in [2.05, 4.69) is 22.1 Å². The van der Waals surface area contributed by atoms with Crippen LogP contribution in [0.1, 0.15) is 30.0 Å². The van der Waals surface area contributed by atoms with Gasteiger partial charge < -0.3 is 10.2 Å². The lowest BCUT2D eigenvalue weighted by Crippen LogP contribution is -2.09. The Hall–Kier alpha value is -2.36. The van der Waals surface area contributed by atoms with Crippen LogP contribution in [0.4, 0.5) is 5.69 Å². The predicted octanol–water partition coefficient (Wildman–Crippen LogP) is 3.19. The molecule has 1 aliphatic rings. The van der Waals surface area contributed by atoms with Crippen LogP contribution in [0.3, 0.4) is 0 Å². The number of nitrogen functional groups attached to an aromatic ring is 1. The summed E-state index contributed by atoms with van der Waals surface area (Å²) < 4.78 is 5.93. The van der Waals surface area contributed by atoms with Crippen LogP contribution < -0.4 is 5.73 Å². The minimum Gasteiger partial charge on any atom is -0.438 e. The first-order valence-electron chi connectivity index (χ1n) is 6.78. The number of fused-ring (bicyclic) bond motifs is 1. The fourth-order valence-corrected chi connectivity index (χ4v) is 2.67. The quantitative estimate of drug-likeness (QED) is 0.723. The third kappa shape index (κ3) is 1.61. The molecule has 1 aromatic carbocycles. The minimum absolute atomic E-state index is 0.0810. The highest BCUT2D eigenvalue weighted by Crippen LogP contribution is 2.53. The van der Waals surface area contributed by atoms with E-state index in [0.717, 1.165) is 35.7 Å². The molecule has 0 atom stereocenters. The van der Waals surface area contributed by atoms with Gasteiger partial charge in [0.1, 0.15) is 0 Å². The third-order valence-corrected chi connectivity index (χ3v) is 4.02. The maximum absolute atomic E-state index is 5.93. The maximum atomic E-state index is 5.93. The van der Waals surface area contributed by atoms with Crippen molar-refractivity contribution in [3.63, 3.8) is 0 Å². The summed E-state index contributed by atoms with van der Waals surface area (Å²) in [7, 11) is 0. The monoisotopic (exact) mass is 265 g/mol. The van der Waals surface area contributed by atoms with Gasteiger partial charge in [-0.25, -0.2) is 4.98 Å². The molecule has 0 bridgehead atoms. The lowest BCUT2D eigenvalue weighted by Gasteiger charge is -2.11. The van der Waals surface area contributed by atoms with Crippen LogP contribution >= 0.6 is 0 Å². The van der Waals surface area contributed by atoms with Crippen molar-refractivity contribution in [2.45, 2.75) is 25.2 Å². The molecular weight excluding hydrogens is 250 g/mol. The average molecular weight is 265 g/mol. The number of nitrogens with two attached hydrogens (primary N) is 1. The van der Waals surface area contributed by atoms with Crippen LogP contribution in [0, 0.1) is 6.92 Å². The second-order valence-corrected chi connectivity index (χ2v) is 5.50. The van der Waals surface area contributed by atoms with Gasteiger partial charge in [-0.1, -0.05) is 12.1 Å². The molecule has 1 saturated carbocycles. The van der Waals surface area contributed by atoms with Crippen LogP contribution in [-0.4, -0.2) is 9.97 Å². The second kappa shape index (κ2) is 3.82. The Labute approximate surface area is 116 Å². The number of nitrogens with zero attached hydrogens (tertiary/aromatic N) is 2. The van der Waals surface area contributed by atoms with E-state index in [1.165, 1.54) is 5.56 Å². The van der Waals surface area contributed by atoms with Crippen LogP contribution in [-0.2, 0) is 5.41 Å². The number of aryl methyl sites for hydroxylation is 1. The van der Waals surface area contributed by atoms with E-state index in [-0.39, 0.29) is 5.41 Å². The first-order valence-corrected chi connectivity index (χ1v) is 6.78. The van der Waals surface area contributed by atoms with Crippen molar-refractivity contribution in [3.8, 4) is 0 Å². The first kappa shape index (κ1) is 11.5. The van der Waals surface area contributed by atoms with E-state index >= 15 is 0 Å². The molecule has 0 aliphatic heterocycles. The van der Waals surface area contributed by atoms with Gasteiger partial charge >= 0.3 is 0 Å². The van der Waals surface area contributed by atoms with Crippen molar-refractivity contribution < 1.29 is 4.42 Å². The number of hydrogen-bond acceptors (Lipinski definition) is 4. The summed E-state index contributed by atoms with van der Waals surface area (Å²) >= 11 is 0. The molecule has 2 heterocycles. The van der Waals surface area contributed by atoms with Crippen LogP contribution in [0.25, 0.3) is 11.2 Å². The molecule has 0 amide bonds. The molecule has 3 aromatic rings. The van der Waals surface area contributed by atoms with Crippen molar-refractivity contribution in [2.24, 2.45) is 0 Å². The zero-order valence-corrected chi connectivity index (χ0v) is 11.3. The van der Waals surface area contributed by atoms with E-state index < -0.39 is 0 Å². The van der Waals surface area contributed by atoms with Gasteiger partial charge in [-0.05, 0) is 49.6 Å². The Morgan fingerprint density at radius 3 is 2.50 bits per heavy atom. The lowest BCUT2D eigenvalue weighted by molar-refractivity contribution is 0.492. The average Bonchev–Trinajstić information content (AvgIpc) is 3.14. The normalized spacial score (nSPS) is 16.4. The summed E-state index contributed by atoms with van der Waals surface area (Å²) in [5.74, 6) is 0.773. The maximum Gasteiger partial charge on any atom is 0.207 e. The van der Waals surface area contributed by atoms with Gasteiger partial charge in [0.2, 0.25) is 5.89 Å². The number of anilines is 1. The topological polar surface area (TPSA) is 64.9 Å². The van der Waals surface area contributed by atoms with E-state index in [4.69, 9.17) is 10.2 Å². The van der Waals surface area contributed by atoms with E-state index in [0.29, 0.717) is 5.65 Å². The number of aromatic nitrogens is 2. The Balaban J connectivity index is 1.83. The molecule has 1 fully saturated rings. The molecule has 4 rings (SSSR count). The summed E-state index contributed by atoms with van der Waals surface area (Å²) in [5.41, 5.74) is 10.1. The molecule has 2 N–H and O–H groups in total. The highest BCUT2D eigenvalue weighted by Gasteiger charge is 2.50. The molecule has 0 saturated heterocycles. The van der Waals surface area contributed by atoms with Gasteiger partial charge in [0.05, 0.1) is 5.41 Å². The molecule has 0 radical (unpaired) electrons. The van der Waals surface area contributed by atoms with Crippen molar-refractivity contribution in [2.75, 3.05) is 5.73 Å². The van der Waals surface area contributed by atoms with Gasteiger partial charge in [-0.15, -0.1) is 0 Å². The highest BCUT2D eigenvalue weighted by atomic mass is 16.4. The standard InChI is InChI=1S/C16H15N3O/c1-10-2-7-13-14(18-10)19-15(20-13)16(8-9-16)11-3-5-12(17)6-4-11/h2-7H,8-9,17H2,1H3. The number of pyridine rings is 1. The Bertz CT molecular complexity index is 785. The van der Waals surface area contributed by atoms with Crippen molar-refractivity contribution in [1.82, 2.24) is 9.97 Å². The number of oxazole rings is 1.